The van der Waals surface area contributed by atoms with Crippen molar-refractivity contribution in [1.82, 2.24) is 9.78 Å². The van der Waals surface area contributed by atoms with Gasteiger partial charge in [-0.05, 0) is 27.7 Å². The van der Waals surface area contributed by atoms with E-state index < -0.39 is 32.4 Å². The van der Waals surface area contributed by atoms with Crippen molar-refractivity contribution in [2.24, 2.45) is 0 Å². The number of nitrogens with one attached hydrogen (secondary N) is 1. The monoisotopic (exact) mass is 347 g/mol. The van der Waals surface area contributed by atoms with Crippen LogP contribution in [0.5, 0.6) is 0 Å². The number of nitrogens with zero attached hydrogens (tertiary/aromatic N) is 2. The van der Waals surface area contributed by atoms with E-state index in [-0.39, 0.29) is 17.8 Å². The zero-order valence-electron chi connectivity index (χ0n) is 13.0. The van der Waals surface area contributed by atoms with Crippen molar-refractivity contribution in [3.8, 4) is 0 Å². The van der Waals surface area contributed by atoms with Gasteiger partial charge in [0.1, 0.15) is 10.7 Å². The second kappa shape index (κ2) is 5.88. The predicted molar refractivity (Wildman–Crippen MR) is 79.2 cm³/mol. The van der Waals surface area contributed by atoms with Crippen LogP contribution in [0.1, 0.15) is 31.3 Å². The molecule has 0 unspecified atom stereocenters. The smallest absolute Gasteiger partial charge is 0.265 e. The minimum absolute atomic E-state index is 0.00745. The highest BCUT2D eigenvalue weighted by molar-refractivity contribution is 7.92. The van der Waals surface area contributed by atoms with Gasteiger partial charge in [0.25, 0.3) is 10.0 Å². The number of aromatic nitrogens is 2. The number of aryl methyl sites for hydroxylation is 1. The van der Waals surface area contributed by atoms with E-state index in [1.54, 1.807) is 18.5 Å². The minimum Gasteiger partial charge on any atom is -0.276 e. The molecule has 0 aliphatic heterocycles. The molecule has 0 fully saturated rings. The van der Waals surface area contributed by atoms with Gasteiger partial charge in [0.15, 0.2) is 11.6 Å². The van der Waals surface area contributed by atoms with Crippen molar-refractivity contribution in [2.45, 2.75) is 38.6 Å². The van der Waals surface area contributed by atoms with Gasteiger partial charge in [-0.3, -0.25) is 9.40 Å². The number of halogens is 3. The van der Waals surface area contributed by atoms with Gasteiger partial charge in [0.05, 0.1) is 17.1 Å². The van der Waals surface area contributed by atoms with E-state index >= 15 is 0 Å². The molecule has 2 aromatic rings. The maximum absolute atomic E-state index is 13.7. The third-order valence-electron chi connectivity index (χ3n) is 3.31. The Morgan fingerprint density at radius 3 is 2.17 bits per heavy atom. The number of sulfonamides is 1. The standard InChI is InChI=1S/C14H16F3N3O2S/c1-7(2)20-9(4)14(8(3)18-20)19-23(21,22)13-6-11(16)10(15)5-12(13)17/h5-7,19H,1-4H3. The van der Waals surface area contributed by atoms with Crippen molar-refractivity contribution in [3.63, 3.8) is 0 Å². The summed E-state index contributed by atoms with van der Waals surface area (Å²) in [6, 6.07) is 0.498. The second-order valence-corrected chi connectivity index (χ2v) is 7.04. The van der Waals surface area contributed by atoms with Crippen molar-refractivity contribution in [1.29, 1.82) is 0 Å². The van der Waals surface area contributed by atoms with Gasteiger partial charge in [-0.25, -0.2) is 21.6 Å². The molecule has 0 saturated carbocycles. The van der Waals surface area contributed by atoms with E-state index in [1.807, 2.05) is 13.8 Å². The lowest BCUT2D eigenvalue weighted by molar-refractivity contribution is 0.482. The molecule has 0 aliphatic carbocycles. The fraction of sp³-hybridized carbons (Fsp3) is 0.357. The summed E-state index contributed by atoms with van der Waals surface area (Å²) in [4.78, 5) is -0.965. The Labute approximate surface area is 132 Å². The number of rotatable bonds is 4. The predicted octanol–water partition coefficient (Wildman–Crippen LogP) is 3.30. The zero-order chi connectivity index (χ0) is 17.5. The van der Waals surface area contributed by atoms with Crippen LogP contribution in [0.4, 0.5) is 18.9 Å². The molecule has 1 aromatic carbocycles. The number of anilines is 1. The first-order valence-electron chi connectivity index (χ1n) is 6.77. The maximum Gasteiger partial charge on any atom is 0.265 e. The van der Waals surface area contributed by atoms with Crippen LogP contribution in [0.25, 0.3) is 0 Å². The van der Waals surface area contributed by atoms with Gasteiger partial charge in [-0.15, -0.1) is 0 Å². The normalized spacial score (nSPS) is 12.0. The van der Waals surface area contributed by atoms with Gasteiger partial charge in [0, 0.05) is 18.2 Å². The van der Waals surface area contributed by atoms with E-state index in [0.717, 1.165) is 0 Å². The first-order valence-corrected chi connectivity index (χ1v) is 8.26. The highest BCUT2D eigenvalue weighted by Crippen LogP contribution is 2.27. The van der Waals surface area contributed by atoms with Gasteiger partial charge < -0.3 is 0 Å². The van der Waals surface area contributed by atoms with Gasteiger partial charge in [-0.2, -0.15) is 5.10 Å². The third kappa shape index (κ3) is 3.19. The van der Waals surface area contributed by atoms with Crippen LogP contribution in [0, 0.1) is 31.3 Å². The first kappa shape index (κ1) is 17.3. The molecule has 0 spiro atoms. The van der Waals surface area contributed by atoms with Gasteiger partial charge >= 0.3 is 0 Å². The third-order valence-corrected chi connectivity index (χ3v) is 4.68. The quantitative estimate of drug-likeness (QED) is 0.863. The first-order chi connectivity index (χ1) is 10.5. The highest BCUT2D eigenvalue weighted by atomic mass is 32.2. The average Bonchev–Trinajstić information content (AvgIpc) is 2.70. The summed E-state index contributed by atoms with van der Waals surface area (Å²) in [6.45, 7) is 6.98. The lowest BCUT2D eigenvalue weighted by atomic mass is 10.3. The van der Waals surface area contributed by atoms with Crippen LogP contribution < -0.4 is 4.72 Å². The molecule has 2 rings (SSSR count). The van der Waals surface area contributed by atoms with Crippen molar-refractivity contribution in [2.75, 3.05) is 4.72 Å². The SMILES string of the molecule is Cc1nn(C(C)C)c(C)c1NS(=O)(=O)c1cc(F)c(F)cc1F. The summed E-state index contributed by atoms with van der Waals surface area (Å²) in [5, 5.41) is 4.20. The summed E-state index contributed by atoms with van der Waals surface area (Å²) < 4.78 is 68.3. The van der Waals surface area contributed by atoms with Gasteiger partial charge in [-0.1, -0.05) is 0 Å². The van der Waals surface area contributed by atoms with E-state index in [0.29, 0.717) is 17.5 Å². The van der Waals surface area contributed by atoms with Crippen LogP contribution in [-0.4, -0.2) is 18.2 Å². The van der Waals surface area contributed by atoms with Crippen LogP contribution in [0.2, 0.25) is 0 Å². The van der Waals surface area contributed by atoms with E-state index in [9.17, 15) is 21.6 Å². The summed E-state index contributed by atoms with van der Waals surface area (Å²) in [5.41, 5.74) is 1.11. The number of hydrogen-bond acceptors (Lipinski definition) is 3. The summed E-state index contributed by atoms with van der Waals surface area (Å²) >= 11 is 0. The molecule has 1 heterocycles. The molecular weight excluding hydrogens is 331 g/mol. The van der Waals surface area contributed by atoms with Gasteiger partial charge in [0.2, 0.25) is 0 Å². The van der Waals surface area contributed by atoms with Crippen LogP contribution in [0.15, 0.2) is 17.0 Å². The topological polar surface area (TPSA) is 64.0 Å². The maximum atomic E-state index is 13.7. The molecule has 0 atom stereocenters. The molecule has 0 saturated heterocycles. The van der Waals surface area contributed by atoms with E-state index in [4.69, 9.17) is 0 Å². The Balaban J connectivity index is 2.50. The Kier molecular flexibility index (Phi) is 4.43. The summed E-state index contributed by atoms with van der Waals surface area (Å²) in [6.07, 6.45) is 0. The van der Waals surface area contributed by atoms with E-state index in [1.165, 1.54) is 0 Å². The molecule has 0 amide bonds. The fourth-order valence-corrected chi connectivity index (χ4v) is 3.46. The van der Waals surface area contributed by atoms with Crippen LogP contribution in [-0.2, 0) is 10.0 Å². The molecule has 5 nitrogen and oxygen atoms in total. The van der Waals surface area contributed by atoms with Crippen molar-refractivity contribution in [3.05, 3.63) is 41.0 Å². The Morgan fingerprint density at radius 1 is 1.09 bits per heavy atom. The summed E-state index contributed by atoms with van der Waals surface area (Å²) in [5.74, 6) is -4.28. The van der Waals surface area contributed by atoms with Crippen LogP contribution >= 0.6 is 0 Å². The minimum atomic E-state index is -4.43. The molecule has 0 radical (unpaired) electrons. The number of benzene rings is 1. The van der Waals surface area contributed by atoms with Crippen molar-refractivity contribution < 1.29 is 21.6 Å². The number of hydrogen-bond donors (Lipinski definition) is 1. The largest absolute Gasteiger partial charge is 0.276 e. The zero-order valence-corrected chi connectivity index (χ0v) is 13.8. The second-order valence-electron chi connectivity index (χ2n) is 5.39. The Bertz CT molecular complexity index is 861. The highest BCUT2D eigenvalue weighted by Gasteiger charge is 2.25. The molecule has 23 heavy (non-hydrogen) atoms. The Hall–Kier alpha value is -2.03. The molecule has 9 heteroatoms. The van der Waals surface area contributed by atoms with Crippen LogP contribution in [0.3, 0.4) is 0 Å². The average molecular weight is 347 g/mol. The molecule has 126 valence electrons. The molecule has 1 N–H and O–H groups in total. The summed E-state index contributed by atoms with van der Waals surface area (Å²) in [7, 11) is -4.43. The fourth-order valence-electron chi connectivity index (χ4n) is 2.21. The molecule has 0 aliphatic rings. The van der Waals surface area contributed by atoms with Crippen molar-refractivity contribution >= 4 is 15.7 Å². The molecule has 1 aromatic heterocycles. The molecular formula is C14H16F3N3O2S. The molecule has 0 bridgehead atoms. The lowest BCUT2D eigenvalue weighted by Crippen LogP contribution is -2.16. The Morgan fingerprint density at radius 2 is 1.65 bits per heavy atom. The van der Waals surface area contributed by atoms with E-state index in [2.05, 4.69) is 9.82 Å². The lowest BCUT2D eigenvalue weighted by Gasteiger charge is -2.11.